The molecule has 1 nitrogen and oxygen atoms in total. The topological polar surface area (TPSA) is 3.24 Å². The van der Waals surface area contributed by atoms with Crippen LogP contribution in [-0.4, -0.2) is 28.5 Å². The van der Waals surface area contributed by atoms with Crippen LogP contribution in [0.4, 0.5) is 0 Å². The van der Waals surface area contributed by atoms with Crippen LogP contribution in [0, 0.1) is 0 Å². The molecule has 2 atom stereocenters. The van der Waals surface area contributed by atoms with Gasteiger partial charge in [-0.25, -0.2) is 0 Å². The predicted molar refractivity (Wildman–Crippen MR) is 69.2 cm³/mol. The SMILES string of the molecule is Brc1cccc(CN2CC3CC2CS3)c1. The molecule has 2 aliphatic heterocycles. The quantitative estimate of drug-likeness (QED) is 0.821. The molecule has 0 saturated carbocycles. The summed E-state index contributed by atoms with van der Waals surface area (Å²) in [7, 11) is 0. The third-order valence-corrected chi connectivity index (χ3v) is 5.17. The van der Waals surface area contributed by atoms with Gasteiger partial charge in [0.05, 0.1) is 0 Å². The van der Waals surface area contributed by atoms with E-state index in [0.717, 1.165) is 17.8 Å². The Labute approximate surface area is 103 Å². The van der Waals surface area contributed by atoms with Gasteiger partial charge >= 0.3 is 0 Å². The van der Waals surface area contributed by atoms with Crippen molar-refractivity contribution in [2.75, 3.05) is 12.3 Å². The molecule has 1 aromatic rings. The van der Waals surface area contributed by atoms with Crippen molar-refractivity contribution in [1.29, 1.82) is 0 Å². The van der Waals surface area contributed by atoms with E-state index in [1.54, 1.807) is 0 Å². The smallest absolute Gasteiger partial charge is 0.0237 e. The van der Waals surface area contributed by atoms with Gasteiger partial charge in [0.2, 0.25) is 0 Å². The van der Waals surface area contributed by atoms with Gasteiger partial charge in [0.15, 0.2) is 0 Å². The first kappa shape index (κ1) is 10.2. The fraction of sp³-hybridized carbons (Fsp3) is 0.500. The molecule has 2 heterocycles. The number of hydrogen-bond acceptors (Lipinski definition) is 2. The van der Waals surface area contributed by atoms with Crippen LogP contribution in [0.15, 0.2) is 28.7 Å². The van der Waals surface area contributed by atoms with Gasteiger partial charge in [0.1, 0.15) is 0 Å². The molecule has 3 rings (SSSR count). The second-order valence-electron chi connectivity index (χ2n) is 4.40. The minimum absolute atomic E-state index is 0.846. The van der Waals surface area contributed by atoms with E-state index in [9.17, 15) is 0 Å². The Hall–Kier alpha value is 0.01000. The van der Waals surface area contributed by atoms with Crippen molar-refractivity contribution < 1.29 is 0 Å². The number of thioether (sulfide) groups is 1. The minimum atomic E-state index is 0.846. The second kappa shape index (κ2) is 4.11. The van der Waals surface area contributed by atoms with Crippen LogP contribution in [-0.2, 0) is 6.54 Å². The summed E-state index contributed by atoms with van der Waals surface area (Å²) in [5, 5.41) is 0.919. The molecule has 0 aromatic heterocycles. The Kier molecular flexibility index (Phi) is 2.79. The number of nitrogens with zero attached hydrogens (tertiary/aromatic N) is 1. The van der Waals surface area contributed by atoms with Crippen molar-refractivity contribution in [2.24, 2.45) is 0 Å². The van der Waals surface area contributed by atoms with Gasteiger partial charge in [-0.15, -0.1) is 0 Å². The Bertz CT molecular complexity index is 368. The molecule has 80 valence electrons. The summed E-state index contributed by atoms with van der Waals surface area (Å²) in [6.45, 7) is 2.42. The maximum Gasteiger partial charge on any atom is 0.0237 e. The molecular formula is C12H14BrNS. The zero-order valence-corrected chi connectivity index (χ0v) is 10.9. The summed E-state index contributed by atoms with van der Waals surface area (Å²) >= 11 is 5.69. The molecule has 2 unspecified atom stereocenters. The second-order valence-corrected chi connectivity index (χ2v) is 6.65. The summed E-state index contributed by atoms with van der Waals surface area (Å²) < 4.78 is 1.19. The number of likely N-dealkylation sites (tertiary alicyclic amines) is 1. The van der Waals surface area contributed by atoms with Gasteiger partial charge in [0.25, 0.3) is 0 Å². The van der Waals surface area contributed by atoms with Gasteiger partial charge in [0, 0.05) is 34.6 Å². The van der Waals surface area contributed by atoms with Crippen LogP contribution >= 0.6 is 27.7 Å². The van der Waals surface area contributed by atoms with E-state index in [0.29, 0.717) is 0 Å². The van der Waals surface area contributed by atoms with E-state index in [4.69, 9.17) is 0 Å². The van der Waals surface area contributed by atoms with E-state index >= 15 is 0 Å². The molecule has 0 N–H and O–H groups in total. The highest BCUT2D eigenvalue weighted by Crippen LogP contribution is 2.38. The average molecular weight is 284 g/mol. The van der Waals surface area contributed by atoms with Gasteiger partial charge < -0.3 is 0 Å². The fourth-order valence-corrected chi connectivity index (χ4v) is 4.49. The first-order valence-electron chi connectivity index (χ1n) is 5.41. The van der Waals surface area contributed by atoms with Crippen molar-refractivity contribution in [3.05, 3.63) is 34.3 Å². The molecule has 1 aromatic carbocycles. The van der Waals surface area contributed by atoms with Crippen LogP contribution in [0.2, 0.25) is 0 Å². The summed E-state index contributed by atoms with van der Waals surface area (Å²) in [6.07, 6.45) is 1.42. The van der Waals surface area contributed by atoms with Gasteiger partial charge in [-0.1, -0.05) is 28.1 Å². The number of benzene rings is 1. The number of fused-ring (bicyclic) bond motifs is 2. The molecule has 0 spiro atoms. The molecule has 2 bridgehead atoms. The molecule has 2 aliphatic rings. The Morgan fingerprint density at radius 2 is 2.40 bits per heavy atom. The van der Waals surface area contributed by atoms with Gasteiger partial charge in [-0.05, 0) is 24.1 Å². The maximum absolute atomic E-state index is 3.53. The van der Waals surface area contributed by atoms with Crippen LogP contribution in [0.1, 0.15) is 12.0 Å². The minimum Gasteiger partial charge on any atom is -0.294 e. The predicted octanol–water partition coefficient (Wildman–Crippen LogP) is 3.14. The van der Waals surface area contributed by atoms with Crippen molar-refractivity contribution >= 4 is 27.7 Å². The van der Waals surface area contributed by atoms with Crippen molar-refractivity contribution in [3.63, 3.8) is 0 Å². The lowest BCUT2D eigenvalue weighted by Crippen LogP contribution is -2.33. The first-order chi connectivity index (χ1) is 7.31. The molecule has 0 radical (unpaired) electrons. The average Bonchev–Trinajstić information content (AvgIpc) is 2.79. The highest BCUT2D eigenvalue weighted by molar-refractivity contribution is 9.10. The summed E-state index contributed by atoms with van der Waals surface area (Å²) in [5.74, 6) is 1.35. The molecule has 2 fully saturated rings. The summed E-state index contributed by atoms with van der Waals surface area (Å²) in [6, 6.07) is 9.53. The highest BCUT2D eigenvalue weighted by atomic mass is 79.9. The van der Waals surface area contributed by atoms with Crippen molar-refractivity contribution in [1.82, 2.24) is 4.90 Å². The molecule has 2 saturated heterocycles. The lowest BCUT2D eigenvalue weighted by molar-refractivity contribution is 0.261. The van der Waals surface area contributed by atoms with E-state index < -0.39 is 0 Å². The van der Waals surface area contributed by atoms with Gasteiger partial charge in [-0.2, -0.15) is 11.8 Å². The molecule has 0 aliphatic carbocycles. The van der Waals surface area contributed by atoms with E-state index in [1.807, 2.05) is 0 Å². The van der Waals surface area contributed by atoms with Crippen LogP contribution < -0.4 is 0 Å². The zero-order valence-electron chi connectivity index (χ0n) is 8.53. The molecule has 0 amide bonds. The lowest BCUT2D eigenvalue weighted by Gasteiger charge is -2.26. The van der Waals surface area contributed by atoms with E-state index in [-0.39, 0.29) is 0 Å². The van der Waals surface area contributed by atoms with Crippen molar-refractivity contribution in [2.45, 2.75) is 24.3 Å². The third-order valence-electron chi connectivity index (χ3n) is 3.29. The van der Waals surface area contributed by atoms with Crippen molar-refractivity contribution in [3.8, 4) is 0 Å². The van der Waals surface area contributed by atoms with E-state index in [1.165, 1.54) is 28.8 Å². The molecular weight excluding hydrogens is 270 g/mol. The molecule has 15 heavy (non-hydrogen) atoms. The van der Waals surface area contributed by atoms with Gasteiger partial charge in [-0.3, -0.25) is 4.90 Å². The van der Waals surface area contributed by atoms with Crippen LogP contribution in [0.25, 0.3) is 0 Å². The fourth-order valence-electron chi connectivity index (χ4n) is 2.54. The highest BCUT2D eigenvalue weighted by Gasteiger charge is 2.37. The Balaban J connectivity index is 1.71. The van der Waals surface area contributed by atoms with Crippen LogP contribution in [0.3, 0.4) is 0 Å². The lowest BCUT2D eigenvalue weighted by atomic mass is 10.2. The first-order valence-corrected chi connectivity index (χ1v) is 7.25. The Morgan fingerprint density at radius 3 is 3.07 bits per heavy atom. The summed E-state index contributed by atoms with van der Waals surface area (Å²) in [5.41, 5.74) is 1.43. The normalized spacial score (nSPS) is 29.9. The van der Waals surface area contributed by atoms with Crippen LogP contribution in [0.5, 0.6) is 0 Å². The largest absolute Gasteiger partial charge is 0.294 e. The zero-order chi connectivity index (χ0) is 10.3. The van der Waals surface area contributed by atoms with E-state index in [2.05, 4.69) is 56.9 Å². The number of rotatable bonds is 2. The summed E-state index contributed by atoms with van der Waals surface area (Å²) in [4.78, 5) is 2.64. The maximum atomic E-state index is 3.53. The number of hydrogen-bond donors (Lipinski definition) is 0. The molecule has 3 heteroatoms. The Morgan fingerprint density at radius 1 is 1.47 bits per heavy atom. The number of halogens is 1. The monoisotopic (exact) mass is 283 g/mol. The third kappa shape index (κ3) is 2.10. The standard InChI is InChI=1S/C12H14BrNS/c13-10-3-1-2-9(4-10)6-14-7-12-5-11(14)8-15-12/h1-4,11-12H,5-8H2.